The van der Waals surface area contributed by atoms with Crippen LogP contribution in [0, 0.1) is 11.3 Å². The van der Waals surface area contributed by atoms with Gasteiger partial charge in [0.2, 0.25) is 0 Å². The van der Waals surface area contributed by atoms with Crippen LogP contribution < -0.4 is 5.32 Å². The lowest BCUT2D eigenvalue weighted by Gasteiger charge is -2.46. The first-order valence-electron chi connectivity index (χ1n) is 8.12. The van der Waals surface area contributed by atoms with Crippen molar-refractivity contribution in [2.45, 2.75) is 71.3 Å². The zero-order valence-electron chi connectivity index (χ0n) is 13.4. The number of fused-ring (bicyclic) bond motifs is 1. The number of aromatic nitrogens is 1. The van der Waals surface area contributed by atoms with Gasteiger partial charge in [0.05, 0.1) is 11.2 Å². The first-order valence-corrected chi connectivity index (χ1v) is 8.94. The molecule has 0 aromatic carbocycles. The molecule has 2 aliphatic carbocycles. The van der Waals surface area contributed by atoms with Gasteiger partial charge in [-0.3, -0.25) is 0 Å². The Balaban J connectivity index is 1.97. The number of nitrogens with zero attached hydrogens (tertiary/aromatic N) is 1. The molecule has 1 saturated carbocycles. The van der Waals surface area contributed by atoms with Gasteiger partial charge in [-0.05, 0) is 63.3 Å². The molecule has 1 fully saturated rings. The van der Waals surface area contributed by atoms with Crippen LogP contribution >= 0.6 is 11.3 Å². The zero-order chi connectivity index (χ0) is 14.4. The van der Waals surface area contributed by atoms with Crippen LogP contribution in [0.5, 0.6) is 0 Å². The van der Waals surface area contributed by atoms with Crippen molar-refractivity contribution in [3.05, 3.63) is 15.6 Å². The zero-order valence-corrected chi connectivity index (χ0v) is 14.2. The van der Waals surface area contributed by atoms with E-state index < -0.39 is 0 Å². The molecule has 1 N–H and O–H groups in total. The topological polar surface area (TPSA) is 24.9 Å². The van der Waals surface area contributed by atoms with Crippen molar-refractivity contribution in [1.29, 1.82) is 0 Å². The molecule has 1 aromatic heterocycles. The van der Waals surface area contributed by atoms with Gasteiger partial charge in [0, 0.05) is 4.88 Å². The highest BCUT2D eigenvalue weighted by molar-refractivity contribution is 7.11. The predicted molar refractivity (Wildman–Crippen MR) is 86.3 cm³/mol. The fraction of sp³-hybridized carbons (Fsp3) is 0.824. The van der Waals surface area contributed by atoms with Crippen molar-refractivity contribution in [2.75, 3.05) is 7.05 Å². The summed E-state index contributed by atoms with van der Waals surface area (Å²) in [6.07, 6.45) is 8.91. The normalized spacial score (nSPS) is 32.9. The number of aryl methyl sites for hydroxylation is 2. The maximum atomic E-state index is 5.07. The van der Waals surface area contributed by atoms with Gasteiger partial charge in [-0.1, -0.05) is 20.8 Å². The van der Waals surface area contributed by atoms with E-state index in [2.05, 4.69) is 33.1 Å². The number of rotatable bonds is 2. The molecule has 2 atom stereocenters. The Labute approximate surface area is 127 Å². The van der Waals surface area contributed by atoms with Crippen molar-refractivity contribution >= 4 is 11.3 Å². The quantitative estimate of drug-likeness (QED) is 0.880. The summed E-state index contributed by atoms with van der Waals surface area (Å²) in [6.45, 7) is 7.24. The molecular weight excluding hydrogens is 264 g/mol. The molecule has 3 heteroatoms. The van der Waals surface area contributed by atoms with E-state index in [0.717, 1.165) is 5.92 Å². The lowest BCUT2D eigenvalue weighted by atomic mass is 9.64. The first-order chi connectivity index (χ1) is 9.44. The SMILES string of the molecule is CNC1(c2nc3c(s2)CCCC3)CC(C)CC(C)(C)C1. The Morgan fingerprint density at radius 2 is 1.95 bits per heavy atom. The van der Waals surface area contributed by atoms with Crippen molar-refractivity contribution in [3.8, 4) is 0 Å². The van der Waals surface area contributed by atoms with E-state index in [4.69, 9.17) is 4.98 Å². The van der Waals surface area contributed by atoms with Crippen molar-refractivity contribution in [3.63, 3.8) is 0 Å². The van der Waals surface area contributed by atoms with Crippen LogP contribution in [0.15, 0.2) is 0 Å². The van der Waals surface area contributed by atoms with Gasteiger partial charge in [0.15, 0.2) is 0 Å². The largest absolute Gasteiger partial charge is 0.308 e. The minimum atomic E-state index is 0.114. The highest BCUT2D eigenvalue weighted by Gasteiger charge is 2.45. The van der Waals surface area contributed by atoms with E-state index in [1.807, 2.05) is 11.3 Å². The summed E-state index contributed by atoms with van der Waals surface area (Å²) in [5, 5.41) is 5.04. The van der Waals surface area contributed by atoms with Gasteiger partial charge in [-0.2, -0.15) is 0 Å². The third-order valence-corrected chi connectivity index (χ3v) is 6.47. The average Bonchev–Trinajstić information content (AvgIpc) is 2.80. The van der Waals surface area contributed by atoms with Gasteiger partial charge in [-0.15, -0.1) is 11.3 Å². The van der Waals surface area contributed by atoms with Gasteiger partial charge in [0.1, 0.15) is 5.01 Å². The average molecular weight is 292 g/mol. The molecule has 112 valence electrons. The molecule has 0 radical (unpaired) electrons. The fourth-order valence-corrected chi connectivity index (χ4v) is 5.94. The first kappa shape index (κ1) is 14.5. The smallest absolute Gasteiger partial charge is 0.113 e. The summed E-state index contributed by atoms with van der Waals surface area (Å²) >= 11 is 1.99. The van der Waals surface area contributed by atoms with E-state index in [9.17, 15) is 0 Å². The Bertz CT molecular complexity index is 468. The molecule has 0 amide bonds. The number of hydrogen-bond acceptors (Lipinski definition) is 3. The molecule has 1 heterocycles. The second-order valence-electron chi connectivity index (χ2n) is 7.78. The third-order valence-electron chi connectivity index (χ3n) is 5.11. The van der Waals surface area contributed by atoms with E-state index >= 15 is 0 Å². The second-order valence-corrected chi connectivity index (χ2v) is 8.87. The maximum absolute atomic E-state index is 5.07. The second kappa shape index (κ2) is 5.10. The third kappa shape index (κ3) is 2.55. The van der Waals surface area contributed by atoms with Crippen molar-refractivity contribution < 1.29 is 0 Å². The van der Waals surface area contributed by atoms with E-state index in [0.29, 0.717) is 5.41 Å². The summed E-state index contributed by atoms with van der Waals surface area (Å²) in [7, 11) is 2.13. The van der Waals surface area contributed by atoms with Crippen LogP contribution in [0.2, 0.25) is 0 Å². The standard InChI is InChI=1S/C17H28N2S/c1-12-9-16(2,3)11-17(10-12,18-4)15-19-13-7-5-6-8-14(13)20-15/h12,18H,5-11H2,1-4H3. The molecule has 1 aromatic rings. The maximum Gasteiger partial charge on any atom is 0.113 e. The van der Waals surface area contributed by atoms with Crippen LogP contribution in [0.4, 0.5) is 0 Å². The van der Waals surface area contributed by atoms with Crippen molar-refractivity contribution in [1.82, 2.24) is 10.3 Å². The molecule has 0 aliphatic heterocycles. The van der Waals surface area contributed by atoms with Gasteiger partial charge >= 0.3 is 0 Å². The van der Waals surface area contributed by atoms with Crippen LogP contribution in [0.3, 0.4) is 0 Å². The molecular formula is C17H28N2S. The number of thiazole rings is 1. The van der Waals surface area contributed by atoms with Crippen LogP contribution in [0.1, 0.15) is 68.5 Å². The highest BCUT2D eigenvalue weighted by Crippen LogP contribution is 2.49. The Morgan fingerprint density at radius 1 is 1.20 bits per heavy atom. The Hall–Kier alpha value is -0.410. The summed E-state index contributed by atoms with van der Waals surface area (Å²) < 4.78 is 0. The fourth-order valence-electron chi connectivity index (χ4n) is 4.59. The molecule has 2 nitrogen and oxygen atoms in total. The van der Waals surface area contributed by atoms with Crippen LogP contribution in [-0.2, 0) is 18.4 Å². The summed E-state index contributed by atoms with van der Waals surface area (Å²) in [4.78, 5) is 6.64. The summed E-state index contributed by atoms with van der Waals surface area (Å²) in [5.74, 6) is 0.770. The van der Waals surface area contributed by atoms with Crippen LogP contribution in [0.25, 0.3) is 0 Å². The molecule has 2 aliphatic rings. The van der Waals surface area contributed by atoms with Gasteiger partial charge in [-0.25, -0.2) is 4.98 Å². The number of nitrogens with one attached hydrogen (secondary N) is 1. The number of hydrogen-bond donors (Lipinski definition) is 1. The Morgan fingerprint density at radius 3 is 2.60 bits per heavy atom. The van der Waals surface area contributed by atoms with Crippen LogP contribution in [-0.4, -0.2) is 12.0 Å². The van der Waals surface area contributed by atoms with Gasteiger partial charge in [0.25, 0.3) is 0 Å². The molecule has 2 unspecified atom stereocenters. The highest BCUT2D eigenvalue weighted by atomic mass is 32.1. The predicted octanol–water partition coefficient (Wildman–Crippen LogP) is 4.28. The Kier molecular flexibility index (Phi) is 3.70. The van der Waals surface area contributed by atoms with Gasteiger partial charge < -0.3 is 5.32 Å². The van der Waals surface area contributed by atoms with Crippen molar-refractivity contribution in [2.24, 2.45) is 11.3 Å². The molecule has 0 bridgehead atoms. The molecule has 3 rings (SSSR count). The van der Waals surface area contributed by atoms with E-state index in [-0.39, 0.29) is 5.54 Å². The molecule has 0 spiro atoms. The van der Waals surface area contributed by atoms with E-state index in [1.54, 1.807) is 4.88 Å². The monoisotopic (exact) mass is 292 g/mol. The molecule has 20 heavy (non-hydrogen) atoms. The minimum absolute atomic E-state index is 0.114. The summed E-state index contributed by atoms with van der Waals surface area (Å²) in [6, 6.07) is 0. The lowest BCUT2D eigenvalue weighted by molar-refractivity contribution is 0.0850. The minimum Gasteiger partial charge on any atom is -0.308 e. The molecule has 0 saturated heterocycles. The lowest BCUT2D eigenvalue weighted by Crippen LogP contribution is -2.48. The summed E-state index contributed by atoms with van der Waals surface area (Å²) in [5.41, 5.74) is 1.93. The van der Waals surface area contributed by atoms with E-state index in [1.165, 1.54) is 55.6 Å².